The molecule has 0 aliphatic rings. The lowest BCUT2D eigenvalue weighted by atomic mass is 10.0. The van der Waals surface area contributed by atoms with Gasteiger partial charge in [-0.05, 0) is 24.1 Å². The summed E-state index contributed by atoms with van der Waals surface area (Å²) in [5, 5.41) is 0. The molecule has 0 bridgehead atoms. The van der Waals surface area contributed by atoms with Crippen molar-refractivity contribution in [3.8, 4) is 0 Å². The summed E-state index contributed by atoms with van der Waals surface area (Å²) in [5.74, 6) is 0. The minimum Gasteiger partial charge on any atom is -0.369 e. The lowest BCUT2D eigenvalue weighted by Gasteiger charge is -2.20. The highest BCUT2D eigenvalue weighted by Crippen LogP contribution is 2.26. The van der Waals surface area contributed by atoms with Crippen LogP contribution in [0.1, 0.15) is 29.7 Å². The SMILES string of the molecule is CCOC(c1ccccc1)c1ccc(C[Si](C)(C)C)cc1. The van der Waals surface area contributed by atoms with Gasteiger partial charge >= 0.3 is 0 Å². The smallest absolute Gasteiger partial charge is 0.108 e. The lowest BCUT2D eigenvalue weighted by Crippen LogP contribution is -2.23. The highest BCUT2D eigenvalue weighted by atomic mass is 28.3. The van der Waals surface area contributed by atoms with Crippen molar-refractivity contribution in [2.75, 3.05) is 6.61 Å². The summed E-state index contributed by atoms with van der Waals surface area (Å²) in [6, 6.07) is 20.7. The topological polar surface area (TPSA) is 9.23 Å². The highest BCUT2D eigenvalue weighted by Gasteiger charge is 2.16. The average Bonchev–Trinajstić information content (AvgIpc) is 2.45. The standard InChI is InChI=1S/C19H26OSi/c1-5-20-19(17-9-7-6-8-10-17)18-13-11-16(12-14-18)15-21(2,3)4/h6-14,19H,5,15H2,1-4H3. The summed E-state index contributed by atoms with van der Waals surface area (Å²) in [7, 11) is -1.05. The Balaban J connectivity index is 2.22. The van der Waals surface area contributed by atoms with E-state index in [0.29, 0.717) is 0 Å². The van der Waals surface area contributed by atoms with Crippen LogP contribution in [0.5, 0.6) is 0 Å². The van der Waals surface area contributed by atoms with Crippen molar-refractivity contribution in [3.63, 3.8) is 0 Å². The maximum Gasteiger partial charge on any atom is 0.108 e. The Morgan fingerprint density at radius 2 is 1.43 bits per heavy atom. The predicted molar refractivity (Wildman–Crippen MR) is 93.4 cm³/mol. The molecule has 112 valence electrons. The molecule has 0 heterocycles. The first kappa shape index (κ1) is 16.0. The first-order valence-electron chi connectivity index (χ1n) is 7.75. The lowest BCUT2D eigenvalue weighted by molar-refractivity contribution is 0.0913. The molecule has 2 heteroatoms. The normalized spacial score (nSPS) is 13.1. The van der Waals surface area contributed by atoms with Crippen LogP contribution in [0.15, 0.2) is 54.6 Å². The van der Waals surface area contributed by atoms with E-state index in [1.807, 2.05) is 6.07 Å². The molecule has 1 atom stereocenters. The third-order valence-corrected chi connectivity index (χ3v) is 4.92. The van der Waals surface area contributed by atoms with Gasteiger partial charge in [-0.25, -0.2) is 0 Å². The Hall–Kier alpha value is -1.38. The molecule has 2 rings (SSSR count). The van der Waals surface area contributed by atoms with Gasteiger partial charge < -0.3 is 4.74 Å². The molecular weight excluding hydrogens is 272 g/mol. The number of hydrogen-bond donors (Lipinski definition) is 0. The van der Waals surface area contributed by atoms with E-state index >= 15 is 0 Å². The van der Waals surface area contributed by atoms with E-state index in [0.717, 1.165) is 6.61 Å². The van der Waals surface area contributed by atoms with Crippen LogP contribution in [0.4, 0.5) is 0 Å². The molecule has 0 aliphatic carbocycles. The Morgan fingerprint density at radius 3 is 1.95 bits per heavy atom. The van der Waals surface area contributed by atoms with Crippen molar-refractivity contribution in [1.29, 1.82) is 0 Å². The van der Waals surface area contributed by atoms with Crippen molar-refractivity contribution >= 4 is 8.07 Å². The van der Waals surface area contributed by atoms with Crippen LogP contribution in [0.2, 0.25) is 19.6 Å². The van der Waals surface area contributed by atoms with Gasteiger partial charge in [-0.15, -0.1) is 0 Å². The Bertz CT molecular complexity index is 540. The maximum absolute atomic E-state index is 5.96. The number of hydrogen-bond acceptors (Lipinski definition) is 1. The molecule has 0 radical (unpaired) electrons. The van der Waals surface area contributed by atoms with E-state index in [1.165, 1.54) is 22.7 Å². The zero-order chi connectivity index (χ0) is 15.3. The first-order chi connectivity index (χ1) is 9.99. The molecule has 2 aromatic carbocycles. The van der Waals surface area contributed by atoms with Gasteiger partial charge in [-0.1, -0.05) is 79.8 Å². The minimum absolute atomic E-state index is 0.0390. The van der Waals surface area contributed by atoms with Crippen LogP contribution in [0, 0.1) is 0 Å². The molecule has 21 heavy (non-hydrogen) atoms. The fourth-order valence-corrected chi connectivity index (χ4v) is 4.06. The van der Waals surface area contributed by atoms with Gasteiger partial charge in [0.25, 0.3) is 0 Å². The largest absolute Gasteiger partial charge is 0.369 e. The predicted octanol–water partition coefficient (Wildman–Crippen LogP) is 5.23. The van der Waals surface area contributed by atoms with Gasteiger partial charge in [-0.2, -0.15) is 0 Å². The fraction of sp³-hybridized carbons (Fsp3) is 0.368. The van der Waals surface area contributed by atoms with Gasteiger partial charge in [0.15, 0.2) is 0 Å². The summed E-state index contributed by atoms with van der Waals surface area (Å²) in [5.41, 5.74) is 3.90. The molecule has 0 amide bonds. The quantitative estimate of drug-likeness (QED) is 0.663. The van der Waals surface area contributed by atoms with Crippen LogP contribution in [0.3, 0.4) is 0 Å². The molecular formula is C19H26OSi. The minimum atomic E-state index is -1.05. The zero-order valence-electron chi connectivity index (χ0n) is 13.6. The van der Waals surface area contributed by atoms with Crippen molar-refractivity contribution in [2.45, 2.75) is 38.7 Å². The van der Waals surface area contributed by atoms with Gasteiger partial charge in [0.05, 0.1) is 0 Å². The zero-order valence-corrected chi connectivity index (χ0v) is 14.6. The molecule has 0 fully saturated rings. The van der Waals surface area contributed by atoms with Crippen LogP contribution in [-0.2, 0) is 10.8 Å². The second-order valence-electron chi connectivity index (χ2n) is 6.73. The van der Waals surface area contributed by atoms with Crippen molar-refractivity contribution in [3.05, 3.63) is 71.3 Å². The van der Waals surface area contributed by atoms with Crippen LogP contribution in [-0.4, -0.2) is 14.7 Å². The number of ether oxygens (including phenoxy) is 1. The molecule has 0 aromatic heterocycles. The Labute approximate surface area is 130 Å². The molecule has 0 saturated carbocycles. The average molecular weight is 299 g/mol. The summed E-state index contributed by atoms with van der Waals surface area (Å²) in [6.07, 6.45) is 0.0390. The van der Waals surface area contributed by atoms with Gasteiger partial charge in [0, 0.05) is 14.7 Å². The van der Waals surface area contributed by atoms with Crippen LogP contribution < -0.4 is 0 Å². The molecule has 0 N–H and O–H groups in total. The van der Waals surface area contributed by atoms with E-state index in [1.54, 1.807) is 0 Å². The first-order valence-corrected chi connectivity index (χ1v) is 11.5. The van der Waals surface area contributed by atoms with Crippen LogP contribution in [0.25, 0.3) is 0 Å². The highest BCUT2D eigenvalue weighted by molar-refractivity contribution is 6.75. The van der Waals surface area contributed by atoms with Gasteiger partial charge in [0.1, 0.15) is 6.10 Å². The van der Waals surface area contributed by atoms with Crippen molar-refractivity contribution in [1.82, 2.24) is 0 Å². The van der Waals surface area contributed by atoms with E-state index in [4.69, 9.17) is 4.74 Å². The summed E-state index contributed by atoms with van der Waals surface area (Å²) in [6.45, 7) is 10.0. The van der Waals surface area contributed by atoms with Crippen molar-refractivity contribution < 1.29 is 4.74 Å². The maximum atomic E-state index is 5.96. The fourth-order valence-electron chi connectivity index (χ4n) is 2.60. The molecule has 0 aliphatic heterocycles. The second-order valence-corrected chi connectivity index (χ2v) is 12.2. The molecule has 1 nitrogen and oxygen atoms in total. The summed E-state index contributed by atoms with van der Waals surface area (Å²) < 4.78 is 5.96. The second kappa shape index (κ2) is 7.06. The van der Waals surface area contributed by atoms with Gasteiger partial charge in [0.2, 0.25) is 0 Å². The van der Waals surface area contributed by atoms with Gasteiger partial charge in [-0.3, -0.25) is 0 Å². The monoisotopic (exact) mass is 298 g/mol. The van der Waals surface area contributed by atoms with E-state index in [-0.39, 0.29) is 6.10 Å². The molecule has 0 saturated heterocycles. The van der Waals surface area contributed by atoms with Crippen molar-refractivity contribution in [2.24, 2.45) is 0 Å². The number of rotatable bonds is 6. The summed E-state index contributed by atoms with van der Waals surface area (Å²) in [4.78, 5) is 0. The third-order valence-electron chi connectivity index (χ3n) is 3.45. The number of benzene rings is 2. The Kier molecular flexibility index (Phi) is 5.37. The van der Waals surface area contributed by atoms with Crippen LogP contribution >= 0.6 is 0 Å². The third kappa shape index (κ3) is 4.83. The Morgan fingerprint density at radius 1 is 0.857 bits per heavy atom. The molecule has 1 unspecified atom stereocenters. The van der Waals surface area contributed by atoms with E-state index in [2.05, 4.69) is 75.1 Å². The summed E-state index contributed by atoms with van der Waals surface area (Å²) >= 11 is 0. The van der Waals surface area contributed by atoms with E-state index in [9.17, 15) is 0 Å². The van der Waals surface area contributed by atoms with E-state index < -0.39 is 8.07 Å². The molecule has 2 aromatic rings. The molecule has 0 spiro atoms.